The third-order valence-corrected chi connectivity index (χ3v) is 8.07. The summed E-state index contributed by atoms with van der Waals surface area (Å²) in [5, 5.41) is 5.13. The van der Waals surface area contributed by atoms with Crippen molar-refractivity contribution in [2.45, 2.75) is 12.5 Å². The molecule has 0 radical (unpaired) electrons. The number of nitrogens with zero attached hydrogens (tertiary/aromatic N) is 8. The molecule has 0 aliphatic carbocycles. The lowest BCUT2D eigenvalue weighted by Gasteiger charge is -2.15. The summed E-state index contributed by atoms with van der Waals surface area (Å²) in [5.41, 5.74) is 4.55. The van der Waals surface area contributed by atoms with Gasteiger partial charge >= 0.3 is 5.69 Å². The van der Waals surface area contributed by atoms with Crippen LogP contribution in [0.2, 0.25) is 0 Å². The standard InChI is InChI=1S/C24H24N8O3S/c1-29-14-27-23(28-29)20-7-5-16(11-25-20)15-4-6-19-18(10-15)22-21(12-26-19)30(2)24(33)32(22)17-8-9-31(13-17)36(3,34)35/h4-7,10-12,14,17H,8-9,13H2,1-3H3. The Morgan fingerprint density at radius 1 is 1.00 bits per heavy atom. The summed E-state index contributed by atoms with van der Waals surface area (Å²) in [6.45, 7) is 0.665. The van der Waals surface area contributed by atoms with Crippen molar-refractivity contribution in [1.29, 1.82) is 0 Å². The molecule has 4 aromatic heterocycles. The fourth-order valence-electron chi connectivity index (χ4n) is 4.92. The van der Waals surface area contributed by atoms with E-state index >= 15 is 0 Å². The number of hydrogen-bond donors (Lipinski definition) is 0. The normalized spacial score (nSPS) is 16.9. The van der Waals surface area contributed by atoms with Crippen LogP contribution in [0.25, 0.3) is 44.6 Å². The molecule has 12 heteroatoms. The third-order valence-electron chi connectivity index (χ3n) is 6.80. The SMILES string of the molecule is Cn1cnc(-c2ccc(-c3ccc4ncc5c(c4c3)n(C3CCN(S(C)(=O)=O)C3)c(=O)n5C)cn2)n1. The number of rotatable bonds is 4. The molecule has 1 fully saturated rings. The van der Waals surface area contributed by atoms with Gasteiger partial charge in [0.2, 0.25) is 10.0 Å². The summed E-state index contributed by atoms with van der Waals surface area (Å²) in [6, 6.07) is 9.51. The average molecular weight is 505 g/mol. The van der Waals surface area contributed by atoms with Crippen LogP contribution in [-0.2, 0) is 24.1 Å². The van der Waals surface area contributed by atoms with Crippen LogP contribution >= 0.6 is 0 Å². The van der Waals surface area contributed by atoms with E-state index in [4.69, 9.17) is 0 Å². The monoisotopic (exact) mass is 504 g/mol. The van der Waals surface area contributed by atoms with Crippen LogP contribution in [0.15, 0.2) is 53.8 Å². The van der Waals surface area contributed by atoms with E-state index in [0.717, 1.165) is 27.5 Å². The third kappa shape index (κ3) is 3.60. The summed E-state index contributed by atoms with van der Waals surface area (Å²) in [5.74, 6) is 0.557. The molecule has 6 rings (SSSR count). The molecular formula is C24H24N8O3S. The zero-order valence-electron chi connectivity index (χ0n) is 20.0. The molecule has 1 aromatic carbocycles. The molecule has 0 bridgehead atoms. The van der Waals surface area contributed by atoms with Crippen LogP contribution in [0.5, 0.6) is 0 Å². The highest BCUT2D eigenvalue weighted by molar-refractivity contribution is 7.88. The molecule has 0 spiro atoms. The van der Waals surface area contributed by atoms with Crippen LogP contribution < -0.4 is 5.69 Å². The molecule has 1 saturated heterocycles. The minimum absolute atomic E-state index is 0.182. The Morgan fingerprint density at radius 3 is 2.47 bits per heavy atom. The fraction of sp³-hybridized carbons (Fsp3) is 0.292. The smallest absolute Gasteiger partial charge is 0.293 e. The van der Waals surface area contributed by atoms with Gasteiger partial charge in [-0.2, -0.15) is 0 Å². The topological polar surface area (TPSA) is 121 Å². The van der Waals surface area contributed by atoms with Gasteiger partial charge < -0.3 is 0 Å². The number of aromatic nitrogens is 7. The Hall–Kier alpha value is -3.90. The predicted molar refractivity (Wildman–Crippen MR) is 136 cm³/mol. The van der Waals surface area contributed by atoms with Gasteiger partial charge in [0.1, 0.15) is 12.0 Å². The van der Waals surface area contributed by atoms with Crippen molar-refractivity contribution in [1.82, 2.24) is 38.2 Å². The van der Waals surface area contributed by atoms with Gasteiger partial charge in [0.25, 0.3) is 0 Å². The van der Waals surface area contributed by atoms with E-state index in [2.05, 4.69) is 20.1 Å². The Balaban J connectivity index is 1.48. The summed E-state index contributed by atoms with van der Waals surface area (Å²) in [6.07, 6.45) is 6.89. The number of fused-ring (bicyclic) bond motifs is 3. The van der Waals surface area contributed by atoms with Gasteiger partial charge in [-0.3, -0.25) is 23.8 Å². The molecule has 1 unspecified atom stereocenters. The van der Waals surface area contributed by atoms with Gasteiger partial charge in [0.15, 0.2) is 5.82 Å². The summed E-state index contributed by atoms with van der Waals surface area (Å²) >= 11 is 0. The summed E-state index contributed by atoms with van der Waals surface area (Å²) in [7, 11) is 0.197. The zero-order valence-corrected chi connectivity index (χ0v) is 20.8. The average Bonchev–Trinajstić information content (AvgIpc) is 3.58. The number of aryl methyl sites for hydroxylation is 2. The summed E-state index contributed by atoms with van der Waals surface area (Å²) < 4.78 is 30.6. The lowest BCUT2D eigenvalue weighted by atomic mass is 10.0. The van der Waals surface area contributed by atoms with Crippen molar-refractivity contribution in [2.24, 2.45) is 14.1 Å². The van der Waals surface area contributed by atoms with Crippen molar-refractivity contribution >= 4 is 32.0 Å². The molecule has 1 atom stereocenters. The molecule has 0 saturated carbocycles. The van der Waals surface area contributed by atoms with E-state index in [-0.39, 0.29) is 18.3 Å². The first-order valence-corrected chi connectivity index (χ1v) is 13.3. The van der Waals surface area contributed by atoms with Gasteiger partial charge in [-0.1, -0.05) is 12.1 Å². The molecule has 1 aliphatic rings. The van der Waals surface area contributed by atoms with Gasteiger partial charge in [-0.25, -0.2) is 22.5 Å². The first kappa shape index (κ1) is 22.6. The van der Waals surface area contributed by atoms with Gasteiger partial charge in [0.05, 0.1) is 35.0 Å². The molecule has 0 amide bonds. The van der Waals surface area contributed by atoms with E-state index in [1.165, 1.54) is 10.6 Å². The van der Waals surface area contributed by atoms with E-state index in [1.54, 1.807) is 39.6 Å². The van der Waals surface area contributed by atoms with Crippen LogP contribution in [0, 0.1) is 0 Å². The number of hydrogen-bond acceptors (Lipinski definition) is 7. The van der Waals surface area contributed by atoms with Crippen LogP contribution in [0.3, 0.4) is 0 Å². The first-order valence-electron chi connectivity index (χ1n) is 11.5. The van der Waals surface area contributed by atoms with Crippen molar-refractivity contribution in [3.63, 3.8) is 0 Å². The second-order valence-electron chi connectivity index (χ2n) is 9.17. The van der Waals surface area contributed by atoms with E-state index in [0.29, 0.717) is 30.0 Å². The second kappa shape index (κ2) is 8.07. The van der Waals surface area contributed by atoms with E-state index in [9.17, 15) is 13.2 Å². The predicted octanol–water partition coefficient (Wildman–Crippen LogP) is 1.95. The maximum absolute atomic E-state index is 13.3. The Morgan fingerprint density at radius 2 is 1.81 bits per heavy atom. The molecule has 5 heterocycles. The molecule has 0 N–H and O–H groups in total. The van der Waals surface area contributed by atoms with Gasteiger partial charge in [0, 0.05) is 44.3 Å². The maximum Gasteiger partial charge on any atom is 0.329 e. The lowest BCUT2D eigenvalue weighted by Crippen LogP contribution is -2.31. The number of imidazole rings is 1. The molecule has 11 nitrogen and oxygen atoms in total. The number of pyridine rings is 2. The molecule has 5 aromatic rings. The Bertz CT molecular complexity index is 1800. The molecular weight excluding hydrogens is 480 g/mol. The lowest BCUT2D eigenvalue weighted by molar-refractivity contribution is 0.454. The highest BCUT2D eigenvalue weighted by Gasteiger charge is 2.32. The van der Waals surface area contributed by atoms with E-state index < -0.39 is 10.0 Å². The van der Waals surface area contributed by atoms with Gasteiger partial charge in [-0.15, -0.1) is 5.10 Å². The summed E-state index contributed by atoms with van der Waals surface area (Å²) in [4.78, 5) is 26.7. The van der Waals surface area contributed by atoms with Crippen molar-refractivity contribution in [2.75, 3.05) is 19.3 Å². The largest absolute Gasteiger partial charge is 0.329 e. The second-order valence-corrected chi connectivity index (χ2v) is 11.2. The minimum Gasteiger partial charge on any atom is -0.293 e. The van der Waals surface area contributed by atoms with Crippen molar-refractivity contribution in [3.05, 3.63) is 59.5 Å². The first-order chi connectivity index (χ1) is 17.2. The number of sulfonamides is 1. The van der Waals surface area contributed by atoms with Crippen LogP contribution in [0.4, 0.5) is 0 Å². The molecule has 1 aliphatic heterocycles. The Labute approximate surface area is 206 Å². The minimum atomic E-state index is -3.33. The van der Waals surface area contributed by atoms with Crippen molar-refractivity contribution < 1.29 is 8.42 Å². The van der Waals surface area contributed by atoms with E-state index in [1.807, 2.05) is 37.4 Å². The highest BCUT2D eigenvalue weighted by atomic mass is 32.2. The Kier molecular flexibility index (Phi) is 5.05. The quantitative estimate of drug-likeness (QED) is 0.367. The maximum atomic E-state index is 13.3. The van der Waals surface area contributed by atoms with Gasteiger partial charge in [-0.05, 0) is 30.2 Å². The fourth-order valence-corrected chi connectivity index (χ4v) is 5.80. The molecule has 184 valence electrons. The van der Waals surface area contributed by atoms with Crippen LogP contribution in [-0.4, -0.2) is 65.9 Å². The molecule has 36 heavy (non-hydrogen) atoms. The highest BCUT2D eigenvalue weighted by Crippen LogP contribution is 2.32. The zero-order chi connectivity index (χ0) is 25.2. The number of benzene rings is 1. The van der Waals surface area contributed by atoms with Crippen LogP contribution in [0.1, 0.15) is 12.5 Å². The van der Waals surface area contributed by atoms with Crippen molar-refractivity contribution in [3.8, 4) is 22.6 Å².